The van der Waals surface area contributed by atoms with E-state index in [1.165, 1.54) is 19.4 Å². The van der Waals surface area contributed by atoms with Crippen LogP contribution in [0.4, 0.5) is 0 Å². The summed E-state index contributed by atoms with van der Waals surface area (Å²) in [5.41, 5.74) is 0. The van der Waals surface area contributed by atoms with Crippen LogP contribution in [0, 0.1) is 0 Å². The largest absolute Gasteiger partial charge is 0.302 e. The lowest BCUT2D eigenvalue weighted by Gasteiger charge is -2.37. The fourth-order valence-electron chi connectivity index (χ4n) is 2.28. The first-order valence-corrected chi connectivity index (χ1v) is 6.89. The Balaban J connectivity index is 4.45. The number of hydrogen-bond acceptors (Lipinski definition) is 2. The van der Waals surface area contributed by atoms with Crippen LogP contribution in [-0.4, -0.2) is 48.1 Å². The molecule has 0 N–H and O–H groups in total. The van der Waals surface area contributed by atoms with Crippen LogP contribution in [0.3, 0.4) is 0 Å². The average Bonchev–Trinajstić information content (AvgIpc) is 2.18. The van der Waals surface area contributed by atoms with E-state index >= 15 is 0 Å². The van der Waals surface area contributed by atoms with Gasteiger partial charge in [0.15, 0.2) is 0 Å². The minimum absolute atomic E-state index is 0.644. The van der Waals surface area contributed by atoms with Crippen molar-refractivity contribution in [2.75, 3.05) is 20.1 Å². The molecule has 2 heteroatoms. The minimum Gasteiger partial charge on any atom is -0.302 e. The van der Waals surface area contributed by atoms with E-state index in [1.807, 2.05) is 0 Å². The average molecular weight is 228 g/mol. The van der Waals surface area contributed by atoms with Crippen molar-refractivity contribution in [3.63, 3.8) is 0 Å². The van der Waals surface area contributed by atoms with Crippen molar-refractivity contribution >= 4 is 0 Å². The second-order valence-electron chi connectivity index (χ2n) is 5.40. The summed E-state index contributed by atoms with van der Waals surface area (Å²) in [6.07, 6.45) is 2.59. The highest BCUT2D eigenvalue weighted by Crippen LogP contribution is 2.13. The minimum atomic E-state index is 0.644. The Bertz CT molecular complexity index is 166. The highest BCUT2D eigenvalue weighted by Gasteiger charge is 2.21. The van der Waals surface area contributed by atoms with E-state index in [9.17, 15) is 0 Å². The highest BCUT2D eigenvalue weighted by molar-refractivity contribution is 4.77. The summed E-state index contributed by atoms with van der Waals surface area (Å²) < 4.78 is 0. The molecule has 0 amide bonds. The van der Waals surface area contributed by atoms with Gasteiger partial charge < -0.3 is 4.90 Å². The summed E-state index contributed by atoms with van der Waals surface area (Å²) in [5, 5.41) is 0. The van der Waals surface area contributed by atoms with Crippen molar-refractivity contribution in [3.05, 3.63) is 0 Å². The molecule has 0 radical (unpaired) electrons. The molecule has 0 aromatic carbocycles. The van der Waals surface area contributed by atoms with Crippen molar-refractivity contribution in [1.29, 1.82) is 0 Å². The van der Waals surface area contributed by atoms with Gasteiger partial charge >= 0.3 is 0 Å². The van der Waals surface area contributed by atoms with Gasteiger partial charge in [-0.05, 0) is 47.7 Å². The van der Waals surface area contributed by atoms with E-state index in [1.54, 1.807) is 0 Å². The summed E-state index contributed by atoms with van der Waals surface area (Å²) in [6, 6.07) is 2.01. The first kappa shape index (κ1) is 15.9. The van der Waals surface area contributed by atoms with Gasteiger partial charge in [-0.3, -0.25) is 4.90 Å². The molecule has 0 saturated carbocycles. The second kappa shape index (κ2) is 8.08. The van der Waals surface area contributed by atoms with E-state index in [4.69, 9.17) is 0 Å². The normalized spacial score (nSPS) is 14.4. The molecular formula is C14H32N2. The van der Waals surface area contributed by atoms with Crippen molar-refractivity contribution in [1.82, 2.24) is 9.80 Å². The topological polar surface area (TPSA) is 6.48 Å². The molecule has 2 nitrogen and oxygen atoms in total. The zero-order valence-corrected chi connectivity index (χ0v) is 12.5. The van der Waals surface area contributed by atoms with Crippen LogP contribution in [0.25, 0.3) is 0 Å². The molecular weight excluding hydrogens is 196 g/mol. The Morgan fingerprint density at radius 2 is 1.50 bits per heavy atom. The quantitative estimate of drug-likeness (QED) is 0.629. The second-order valence-corrected chi connectivity index (χ2v) is 5.40. The lowest BCUT2D eigenvalue weighted by Crippen LogP contribution is -2.47. The van der Waals surface area contributed by atoms with Crippen LogP contribution >= 0.6 is 0 Å². The van der Waals surface area contributed by atoms with Gasteiger partial charge in [0.05, 0.1) is 0 Å². The third kappa shape index (κ3) is 5.31. The van der Waals surface area contributed by atoms with Crippen LogP contribution < -0.4 is 0 Å². The lowest BCUT2D eigenvalue weighted by atomic mass is 10.1. The molecule has 0 aromatic heterocycles. The molecule has 0 aliphatic carbocycles. The molecule has 0 spiro atoms. The third-order valence-electron chi connectivity index (χ3n) is 3.50. The Labute approximate surface area is 103 Å². The Morgan fingerprint density at radius 1 is 0.938 bits per heavy atom. The van der Waals surface area contributed by atoms with E-state index in [-0.39, 0.29) is 0 Å². The maximum atomic E-state index is 2.63. The number of nitrogens with zero attached hydrogens (tertiary/aromatic N) is 2. The maximum Gasteiger partial charge on any atom is 0.0225 e. The summed E-state index contributed by atoms with van der Waals surface area (Å²) in [6.45, 7) is 16.1. The first-order chi connectivity index (χ1) is 7.43. The molecule has 0 rings (SSSR count). The van der Waals surface area contributed by atoms with Gasteiger partial charge in [0.25, 0.3) is 0 Å². The van der Waals surface area contributed by atoms with Crippen LogP contribution in [-0.2, 0) is 0 Å². The zero-order valence-electron chi connectivity index (χ0n) is 12.5. The summed E-state index contributed by atoms with van der Waals surface area (Å²) in [4.78, 5) is 5.09. The van der Waals surface area contributed by atoms with E-state index in [2.05, 4.69) is 58.4 Å². The predicted octanol–water partition coefficient (Wildman–Crippen LogP) is 3.23. The van der Waals surface area contributed by atoms with Crippen LogP contribution in [0.5, 0.6) is 0 Å². The van der Waals surface area contributed by atoms with E-state index in [0.29, 0.717) is 18.1 Å². The molecule has 0 saturated heterocycles. The van der Waals surface area contributed by atoms with E-state index < -0.39 is 0 Å². The Kier molecular flexibility index (Phi) is 8.04. The molecule has 0 aliphatic heterocycles. The Morgan fingerprint density at radius 3 is 1.81 bits per heavy atom. The van der Waals surface area contributed by atoms with Gasteiger partial charge in [-0.2, -0.15) is 0 Å². The smallest absolute Gasteiger partial charge is 0.0225 e. The van der Waals surface area contributed by atoms with Crippen LogP contribution in [0.15, 0.2) is 0 Å². The molecule has 0 bridgehead atoms. The molecule has 16 heavy (non-hydrogen) atoms. The van der Waals surface area contributed by atoms with Crippen molar-refractivity contribution in [2.24, 2.45) is 0 Å². The third-order valence-corrected chi connectivity index (χ3v) is 3.50. The van der Waals surface area contributed by atoms with Crippen molar-refractivity contribution in [2.45, 2.75) is 72.5 Å². The van der Waals surface area contributed by atoms with Gasteiger partial charge in [0.2, 0.25) is 0 Å². The fraction of sp³-hybridized carbons (Fsp3) is 1.00. The molecule has 0 fully saturated rings. The van der Waals surface area contributed by atoms with Gasteiger partial charge in [-0.15, -0.1) is 0 Å². The SMILES string of the molecule is CCCC(CN(C)C(C)C)N(CC)C(C)C. The van der Waals surface area contributed by atoms with Gasteiger partial charge in [0.1, 0.15) is 0 Å². The lowest BCUT2D eigenvalue weighted by molar-refractivity contribution is 0.107. The number of rotatable bonds is 8. The van der Waals surface area contributed by atoms with Crippen LogP contribution in [0.2, 0.25) is 0 Å². The van der Waals surface area contributed by atoms with Gasteiger partial charge in [0, 0.05) is 24.7 Å². The molecule has 0 heterocycles. The monoisotopic (exact) mass is 228 g/mol. The highest BCUT2D eigenvalue weighted by atomic mass is 15.2. The summed E-state index contributed by atoms with van der Waals surface area (Å²) in [7, 11) is 2.24. The van der Waals surface area contributed by atoms with Crippen molar-refractivity contribution in [3.8, 4) is 0 Å². The molecule has 1 unspecified atom stereocenters. The summed E-state index contributed by atoms with van der Waals surface area (Å²) in [5.74, 6) is 0. The molecule has 1 atom stereocenters. The maximum absolute atomic E-state index is 2.63. The molecule has 0 aliphatic rings. The molecule has 0 aromatic rings. The van der Waals surface area contributed by atoms with E-state index in [0.717, 1.165) is 6.54 Å². The zero-order chi connectivity index (χ0) is 12.7. The standard InChI is InChI=1S/C14H32N2/c1-8-10-14(11-15(7)12(3)4)16(9-2)13(5)6/h12-14H,8-11H2,1-7H3. The van der Waals surface area contributed by atoms with Gasteiger partial charge in [-0.1, -0.05) is 20.3 Å². The first-order valence-electron chi connectivity index (χ1n) is 6.89. The fourth-order valence-corrected chi connectivity index (χ4v) is 2.28. The van der Waals surface area contributed by atoms with Crippen LogP contribution in [0.1, 0.15) is 54.4 Å². The van der Waals surface area contributed by atoms with Crippen molar-refractivity contribution < 1.29 is 0 Å². The number of likely N-dealkylation sites (N-methyl/N-ethyl adjacent to an activating group) is 2. The Hall–Kier alpha value is -0.0800. The molecule has 98 valence electrons. The summed E-state index contributed by atoms with van der Waals surface area (Å²) >= 11 is 0. The predicted molar refractivity (Wildman–Crippen MR) is 74.0 cm³/mol. The number of hydrogen-bond donors (Lipinski definition) is 0. The van der Waals surface area contributed by atoms with Gasteiger partial charge in [-0.25, -0.2) is 0 Å².